The zero-order valence-corrected chi connectivity index (χ0v) is 10.2. The Bertz CT molecular complexity index is 178. The third-order valence-electron chi connectivity index (χ3n) is 2.91. The van der Waals surface area contributed by atoms with E-state index in [9.17, 15) is 5.11 Å². The van der Waals surface area contributed by atoms with E-state index in [0.717, 1.165) is 25.9 Å². The van der Waals surface area contributed by atoms with E-state index in [1.165, 1.54) is 0 Å². The molecule has 15 heavy (non-hydrogen) atoms. The Morgan fingerprint density at radius 3 is 2.60 bits per heavy atom. The molecule has 0 radical (unpaired) electrons. The average Bonchev–Trinajstić information content (AvgIpc) is 2.17. The molecule has 0 saturated carbocycles. The highest BCUT2D eigenvalue weighted by molar-refractivity contribution is 4.81. The fourth-order valence-corrected chi connectivity index (χ4v) is 1.88. The summed E-state index contributed by atoms with van der Waals surface area (Å²) in [4.78, 5) is 0. The molecule has 1 rings (SSSR count). The highest BCUT2D eigenvalue weighted by Crippen LogP contribution is 2.32. The van der Waals surface area contributed by atoms with Gasteiger partial charge in [-0.2, -0.15) is 0 Å². The van der Waals surface area contributed by atoms with Crippen molar-refractivity contribution in [3.8, 4) is 0 Å². The first kappa shape index (κ1) is 12.9. The summed E-state index contributed by atoms with van der Waals surface area (Å²) in [5, 5.41) is 9.44. The smallest absolute Gasteiger partial charge is 0.0598 e. The summed E-state index contributed by atoms with van der Waals surface area (Å²) in [5.74, 6) is 0. The molecule has 0 amide bonds. The Morgan fingerprint density at radius 1 is 1.40 bits per heavy atom. The predicted molar refractivity (Wildman–Crippen MR) is 59.9 cm³/mol. The second kappa shape index (κ2) is 5.28. The fourth-order valence-electron chi connectivity index (χ4n) is 1.88. The molecular weight excluding hydrogens is 192 g/mol. The average molecular weight is 216 g/mol. The first-order valence-electron chi connectivity index (χ1n) is 5.80. The Kier molecular flexibility index (Phi) is 4.56. The monoisotopic (exact) mass is 216 g/mol. The number of ether oxygens (including phenoxy) is 2. The van der Waals surface area contributed by atoms with Crippen LogP contribution in [-0.2, 0) is 9.47 Å². The lowest BCUT2D eigenvalue weighted by Crippen LogP contribution is -2.37. The van der Waals surface area contributed by atoms with Crippen LogP contribution in [-0.4, -0.2) is 37.1 Å². The van der Waals surface area contributed by atoms with Gasteiger partial charge in [-0.1, -0.05) is 0 Å². The molecule has 1 saturated heterocycles. The zero-order chi connectivity index (χ0) is 11.4. The van der Waals surface area contributed by atoms with E-state index in [2.05, 4.69) is 20.8 Å². The first-order valence-corrected chi connectivity index (χ1v) is 5.80. The van der Waals surface area contributed by atoms with E-state index in [1.54, 1.807) is 0 Å². The van der Waals surface area contributed by atoms with Crippen LogP contribution in [0.2, 0.25) is 0 Å². The van der Waals surface area contributed by atoms with Crippen LogP contribution in [0, 0.1) is 5.41 Å². The lowest BCUT2D eigenvalue weighted by molar-refractivity contribution is -0.0744. The van der Waals surface area contributed by atoms with Gasteiger partial charge in [0.2, 0.25) is 0 Å². The van der Waals surface area contributed by atoms with Crippen LogP contribution >= 0.6 is 0 Å². The summed E-state index contributed by atoms with van der Waals surface area (Å²) in [6, 6.07) is 0. The summed E-state index contributed by atoms with van der Waals surface area (Å²) in [5.41, 5.74) is -0.143. The number of aliphatic hydroxyl groups is 1. The highest BCUT2D eigenvalue weighted by atomic mass is 16.5. The second-order valence-corrected chi connectivity index (χ2v) is 5.53. The van der Waals surface area contributed by atoms with Gasteiger partial charge in [0, 0.05) is 18.6 Å². The number of hydrogen-bond donors (Lipinski definition) is 1. The van der Waals surface area contributed by atoms with Gasteiger partial charge in [-0.25, -0.2) is 0 Å². The van der Waals surface area contributed by atoms with Gasteiger partial charge < -0.3 is 14.6 Å². The fraction of sp³-hybridized carbons (Fsp3) is 1.00. The van der Waals surface area contributed by atoms with Crippen LogP contribution in [0.5, 0.6) is 0 Å². The van der Waals surface area contributed by atoms with Crippen LogP contribution in [0.4, 0.5) is 0 Å². The molecule has 1 aliphatic heterocycles. The van der Waals surface area contributed by atoms with Gasteiger partial charge in [-0.15, -0.1) is 0 Å². The SMILES string of the molecule is CC(C)(C)OCCC1(CO)CCCOC1. The molecule has 0 aromatic carbocycles. The Hall–Kier alpha value is -0.120. The van der Waals surface area contributed by atoms with Crippen LogP contribution in [0.3, 0.4) is 0 Å². The summed E-state index contributed by atoms with van der Waals surface area (Å²) in [7, 11) is 0. The van der Waals surface area contributed by atoms with E-state index in [-0.39, 0.29) is 17.6 Å². The van der Waals surface area contributed by atoms with Crippen molar-refractivity contribution in [3.05, 3.63) is 0 Å². The molecule has 0 aliphatic carbocycles. The molecule has 1 heterocycles. The van der Waals surface area contributed by atoms with Gasteiger partial charge in [0.1, 0.15) is 0 Å². The van der Waals surface area contributed by atoms with Gasteiger partial charge >= 0.3 is 0 Å². The molecule has 0 bridgehead atoms. The molecule has 0 spiro atoms. The Balaban J connectivity index is 2.33. The minimum atomic E-state index is -0.0911. The molecule has 1 aliphatic rings. The minimum Gasteiger partial charge on any atom is -0.396 e. The molecule has 3 nitrogen and oxygen atoms in total. The molecular formula is C12H24O3. The van der Waals surface area contributed by atoms with Crippen molar-refractivity contribution in [2.45, 2.75) is 45.6 Å². The van der Waals surface area contributed by atoms with E-state index in [0.29, 0.717) is 13.2 Å². The zero-order valence-electron chi connectivity index (χ0n) is 10.2. The van der Waals surface area contributed by atoms with Gasteiger partial charge in [0.05, 0.1) is 18.8 Å². The number of hydrogen-bond acceptors (Lipinski definition) is 3. The van der Waals surface area contributed by atoms with Gasteiger partial charge in [0.25, 0.3) is 0 Å². The molecule has 1 unspecified atom stereocenters. The maximum absolute atomic E-state index is 9.44. The van der Waals surface area contributed by atoms with E-state index in [4.69, 9.17) is 9.47 Å². The van der Waals surface area contributed by atoms with Crippen molar-refractivity contribution in [2.75, 3.05) is 26.4 Å². The Morgan fingerprint density at radius 2 is 2.13 bits per heavy atom. The van der Waals surface area contributed by atoms with Crippen molar-refractivity contribution in [3.63, 3.8) is 0 Å². The molecule has 1 N–H and O–H groups in total. The standard InChI is InChI=1S/C12H24O3/c1-11(2,3)15-8-6-12(9-13)5-4-7-14-10-12/h13H,4-10H2,1-3H3. The van der Waals surface area contributed by atoms with Crippen molar-refractivity contribution < 1.29 is 14.6 Å². The first-order chi connectivity index (χ1) is 6.97. The van der Waals surface area contributed by atoms with Crippen LogP contribution in [0.1, 0.15) is 40.0 Å². The lowest BCUT2D eigenvalue weighted by atomic mass is 9.80. The van der Waals surface area contributed by atoms with Gasteiger partial charge in [-0.3, -0.25) is 0 Å². The van der Waals surface area contributed by atoms with Gasteiger partial charge in [0.15, 0.2) is 0 Å². The maximum Gasteiger partial charge on any atom is 0.0598 e. The molecule has 0 aromatic rings. The van der Waals surface area contributed by atoms with E-state index in [1.807, 2.05) is 0 Å². The number of aliphatic hydroxyl groups excluding tert-OH is 1. The molecule has 0 aromatic heterocycles. The van der Waals surface area contributed by atoms with E-state index < -0.39 is 0 Å². The van der Waals surface area contributed by atoms with Crippen LogP contribution in [0.15, 0.2) is 0 Å². The molecule has 90 valence electrons. The van der Waals surface area contributed by atoms with Crippen LogP contribution < -0.4 is 0 Å². The molecule has 1 atom stereocenters. The van der Waals surface area contributed by atoms with Crippen molar-refractivity contribution in [2.24, 2.45) is 5.41 Å². The van der Waals surface area contributed by atoms with E-state index >= 15 is 0 Å². The summed E-state index contributed by atoms with van der Waals surface area (Å²) < 4.78 is 11.1. The second-order valence-electron chi connectivity index (χ2n) is 5.53. The summed E-state index contributed by atoms with van der Waals surface area (Å²) >= 11 is 0. The topological polar surface area (TPSA) is 38.7 Å². The third kappa shape index (κ3) is 4.49. The number of rotatable bonds is 4. The molecule has 1 fully saturated rings. The molecule has 3 heteroatoms. The third-order valence-corrected chi connectivity index (χ3v) is 2.91. The summed E-state index contributed by atoms with van der Waals surface area (Å²) in [6.45, 7) is 8.58. The van der Waals surface area contributed by atoms with Crippen molar-refractivity contribution >= 4 is 0 Å². The van der Waals surface area contributed by atoms with Gasteiger partial charge in [-0.05, 0) is 40.0 Å². The van der Waals surface area contributed by atoms with Crippen LogP contribution in [0.25, 0.3) is 0 Å². The quantitative estimate of drug-likeness (QED) is 0.781. The lowest BCUT2D eigenvalue weighted by Gasteiger charge is -2.36. The largest absolute Gasteiger partial charge is 0.396 e. The van der Waals surface area contributed by atoms with Crippen molar-refractivity contribution in [1.82, 2.24) is 0 Å². The normalized spacial score (nSPS) is 28.0. The summed E-state index contributed by atoms with van der Waals surface area (Å²) in [6.07, 6.45) is 2.99. The minimum absolute atomic E-state index is 0.0521. The van der Waals surface area contributed by atoms with Crippen molar-refractivity contribution in [1.29, 1.82) is 0 Å². The predicted octanol–water partition coefficient (Wildman–Crippen LogP) is 1.98. The Labute approximate surface area is 92.8 Å². The highest BCUT2D eigenvalue weighted by Gasteiger charge is 2.32. The maximum atomic E-state index is 9.44.